The van der Waals surface area contributed by atoms with Gasteiger partial charge in [-0.25, -0.2) is 0 Å². The van der Waals surface area contributed by atoms with Crippen LogP contribution in [0.4, 0.5) is 0 Å². The SMILES string of the molecule is [O-][N+]1(Cc2ccc(-c3ccccc3)c(-c3nn[nH]n3)c2)C=CNC1. The Balaban J connectivity index is 1.77. The molecule has 24 heavy (non-hydrogen) atoms. The zero-order valence-electron chi connectivity index (χ0n) is 12.9. The molecule has 0 bridgehead atoms. The Labute approximate surface area is 138 Å². The van der Waals surface area contributed by atoms with Gasteiger partial charge in [-0.3, -0.25) is 0 Å². The normalized spacial score (nSPS) is 19.4. The molecule has 2 aromatic carbocycles. The molecule has 0 radical (unpaired) electrons. The lowest BCUT2D eigenvalue weighted by Crippen LogP contribution is -2.36. The van der Waals surface area contributed by atoms with E-state index in [1.165, 1.54) is 0 Å². The molecule has 1 unspecified atom stereocenters. The zero-order chi connectivity index (χ0) is 16.4. The molecule has 0 saturated carbocycles. The second kappa shape index (κ2) is 5.88. The molecular formula is C17H16N6O. The number of H-pyrrole nitrogens is 1. The highest BCUT2D eigenvalue weighted by Crippen LogP contribution is 2.31. The van der Waals surface area contributed by atoms with E-state index in [1.54, 1.807) is 12.4 Å². The van der Waals surface area contributed by atoms with Crippen molar-refractivity contribution in [2.45, 2.75) is 6.54 Å². The smallest absolute Gasteiger partial charge is 0.205 e. The molecule has 4 rings (SSSR count). The van der Waals surface area contributed by atoms with Crippen LogP contribution in [0.25, 0.3) is 22.5 Å². The van der Waals surface area contributed by atoms with Crippen LogP contribution in [0, 0.1) is 5.21 Å². The average molecular weight is 320 g/mol. The summed E-state index contributed by atoms with van der Waals surface area (Å²) < 4.78 is -0.420. The van der Waals surface area contributed by atoms with Crippen LogP contribution in [0.5, 0.6) is 0 Å². The Kier molecular flexibility index (Phi) is 3.56. The van der Waals surface area contributed by atoms with Crippen molar-refractivity contribution in [1.82, 2.24) is 25.9 Å². The van der Waals surface area contributed by atoms with Crippen LogP contribution in [0.15, 0.2) is 60.9 Å². The second-order valence-electron chi connectivity index (χ2n) is 5.77. The molecule has 7 heteroatoms. The number of aromatic amines is 1. The monoisotopic (exact) mass is 320 g/mol. The van der Waals surface area contributed by atoms with E-state index in [0.29, 0.717) is 19.0 Å². The summed E-state index contributed by atoms with van der Waals surface area (Å²) in [5, 5.41) is 29.9. The number of rotatable bonds is 4. The molecule has 3 aromatic rings. The van der Waals surface area contributed by atoms with Gasteiger partial charge in [-0.1, -0.05) is 42.5 Å². The van der Waals surface area contributed by atoms with Gasteiger partial charge >= 0.3 is 0 Å². The van der Waals surface area contributed by atoms with Crippen molar-refractivity contribution >= 4 is 0 Å². The maximum Gasteiger partial charge on any atom is 0.205 e. The van der Waals surface area contributed by atoms with Crippen LogP contribution < -0.4 is 5.32 Å². The first-order valence-corrected chi connectivity index (χ1v) is 7.65. The number of hydroxylamine groups is 3. The molecule has 0 spiro atoms. The molecule has 120 valence electrons. The van der Waals surface area contributed by atoms with E-state index in [9.17, 15) is 5.21 Å². The molecule has 7 nitrogen and oxygen atoms in total. The summed E-state index contributed by atoms with van der Waals surface area (Å²) in [6, 6.07) is 16.0. The Hall–Kier alpha value is -3.03. The van der Waals surface area contributed by atoms with Crippen LogP contribution in [0.3, 0.4) is 0 Å². The first-order chi connectivity index (χ1) is 11.7. The quantitative estimate of drug-likeness (QED) is 0.569. The molecule has 1 aliphatic heterocycles. The van der Waals surface area contributed by atoms with Crippen LogP contribution in [-0.2, 0) is 6.54 Å². The van der Waals surface area contributed by atoms with E-state index < -0.39 is 4.65 Å². The lowest BCUT2D eigenvalue weighted by molar-refractivity contribution is -0.839. The minimum Gasteiger partial charge on any atom is -0.626 e. The van der Waals surface area contributed by atoms with Gasteiger partial charge in [0.15, 0.2) is 6.67 Å². The molecule has 0 fully saturated rings. The van der Waals surface area contributed by atoms with Crippen molar-refractivity contribution in [3.05, 3.63) is 71.7 Å². The summed E-state index contributed by atoms with van der Waals surface area (Å²) in [4.78, 5) is 0. The van der Waals surface area contributed by atoms with Crippen molar-refractivity contribution in [3.8, 4) is 22.5 Å². The summed E-state index contributed by atoms with van der Waals surface area (Å²) >= 11 is 0. The molecule has 1 aromatic heterocycles. The highest BCUT2D eigenvalue weighted by molar-refractivity contribution is 5.80. The number of nitrogens with zero attached hydrogens (tertiary/aromatic N) is 4. The number of benzene rings is 2. The highest BCUT2D eigenvalue weighted by atomic mass is 16.5. The van der Waals surface area contributed by atoms with Crippen molar-refractivity contribution in [2.75, 3.05) is 6.67 Å². The van der Waals surface area contributed by atoms with E-state index in [-0.39, 0.29) is 0 Å². The lowest BCUT2D eigenvalue weighted by atomic mass is 9.97. The summed E-state index contributed by atoms with van der Waals surface area (Å²) in [6.45, 7) is 0.696. The summed E-state index contributed by atoms with van der Waals surface area (Å²) in [5.41, 5.74) is 3.86. The summed E-state index contributed by atoms with van der Waals surface area (Å²) in [6.07, 6.45) is 3.32. The largest absolute Gasteiger partial charge is 0.626 e. The van der Waals surface area contributed by atoms with Gasteiger partial charge < -0.3 is 15.2 Å². The van der Waals surface area contributed by atoms with Gasteiger partial charge in [0, 0.05) is 11.1 Å². The Bertz CT molecular complexity index is 862. The molecule has 1 aliphatic rings. The van der Waals surface area contributed by atoms with E-state index in [2.05, 4.69) is 25.9 Å². The van der Waals surface area contributed by atoms with E-state index in [1.807, 2.05) is 48.5 Å². The predicted octanol–water partition coefficient (Wildman–Crippen LogP) is 2.38. The third-order valence-corrected chi connectivity index (χ3v) is 4.03. The van der Waals surface area contributed by atoms with Crippen LogP contribution in [0.1, 0.15) is 5.56 Å². The fourth-order valence-electron chi connectivity index (χ4n) is 2.89. The predicted molar refractivity (Wildman–Crippen MR) is 89.5 cm³/mol. The van der Waals surface area contributed by atoms with Gasteiger partial charge in [-0.2, -0.15) is 5.21 Å². The third kappa shape index (κ3) is 2.78. The first-order valence-electron chi connectivity index (χ1n) is 7.65. The van der Waals surface area contributed by atoms with Crippen molar-refractivity contribution < 1.29 is 4.65 Å². The average Bonchev–Trinajstić information content (AvgIpc) is 3.27. The van der Waals surface area contributed by atoms with E-state index in [0.717, 1.165) is 22.3 Å². The number of aromatic nitrogens is 4. The number of quaternary nitrogens is 1. The van der Waals surface area contributed by atoms with Crippen LogP contribution >= 0.6 is 0 Å². The van der Waals surface area contributed by atoms with E-state index >= 15 is 0 Å². The van der Waals surface area contributed by atoms with Gasteiger partial charge in [0.2, 0.25) is 5.82 Å². The maximum atomic E-state index is 12.6. The molecule has 2 N–H and O–H groups in total. The van der Waals surface area contributed by atoms with Crippen molar-refractivity contribution in [2.24, 2.45) is 0 Å². The van der Waals surface area contributed by atoms with Crippen molar-refractivity contribution in [3.63, 3.8) is 0 Å². The molecule has 0 amide bonds. The summed E-state index contributed by atoms with van der Waals surface area (Å²) in [5.74, 6) is 0.517. The maximum absolute atomic E-state index is 12.6. The first kappa shape index (κ1) is 14.6. The van der Waals surface area contributed by atoms with Gasteiger partial charge in [0.05, 0.1) is 6.20 Å². The molecule has 0 saturated heterocycles. The zero-order valence-corrected chi connectivity index (χ0v) is 12.9. The van der Waals surface area contributed by atoms with E-state index in [4.69, 9.17) is 0 Å². The lowest BCUT2D eigenvalue weighted by Gasteiger charge is -2.35. The fraction of sp³-hybridized carbons (Fsp3) is 0.118. The topological polar surface area (TPSA) is 89.5 Å². The van der Waals surface area contributed by atoms with Crippen LogP contribution in [0.2, 0.25) is 0 Å². The Morgan fingerprint density at radius 1 is 1.08 bits per heavy atom. The number of tetrazole rings is 1. The second-order valence-corrected chi connectivity index (χ2v) is 5.77. The number of nitrogens with one attached hydrogen (secondary N) is 2. The molecule has 1 atom stereocenters. The fourth-order valence-corrected chi connectivity index (χ4v) is 2.89. The van der Waals surface area contributed by atoms with Crippen LogP contribution in [-0.4, -0.2) is 31.9 Å². The molecule has 2 heterocycles. The van der Waals surface area contributed by atoms with Crippen molar-refractivity contribution in [1.29, 1.82) is 0 Å². The highest BCUT2D eigenvalue weighted by Gasteiger charge is 2.20. The number of hydrogen-bond acceptors (Lipinski definition) is 5. The standard InChI is InChI=1S/C17H16N6O/c24-23(9-8-18-12-23)11-13-6-7-15(14-4-2-1-3-5-14)16(10-13)17-19-21-22-20-17/h1-10,18H,11-12H2,(H,19,20,21,22). The minimum absolute atomic E-state index is 0.345. The van der Waals surface area contributed by atoms with Gasteiger partial charge in [-0.05, 0) is 22.4 Å². The van der Waals surface area contributed by atoms with Gasteiger partial charge in [-0.15, -0.1) is 10.2 Å². The minimum atomic E-state index is -0.420. The number of hydrogen-bond donors (Lipinski definition) is 2. The third-order valence-electron chi connectivity index (χ3n) is 4.03. The summed E-state index contributed by atoms with van der Waals surface area (Å²) in [7, 11) is 0. The van der Waals surface area contributed by atoms with Gasteiger partial charge in [0.1, 0.15) is 12.7 Å². The van der Waals surface area contributed by atoms with Gasteiger partial charge in [0.25, 0.3) is 0 Å². The molecular weight excluding hydrogens is 304 g/mol. The Morgan fingerprint density at radius 2 is 1.96 bits per heavy atom. The molecule has 0 aliphatic carbocycles. The Morgan fingerprint density at radius 3 is 2.67 bits per heavy atom.